The summed E-state index contributed by atoms with van der Waals surface area (Å²) in [6.07, 6.45) is 0.286. The molecular formula is C15H24FNO2. The fourth-order valence-corrected chi connectivity index (χ4v) is 2.00. The number of benzene rings is 1. The van der Waals surface area contributed by atoms with Crippen LogP contribution in [-0.2, 0) is 6.54 Å². The van der Waals surface area contributed by atoms with E-state index in [1.54, 1.807) is 18.2 Å². The van der Waals surface area contributed by atoms with E-state index < -0.39 is 6.10 Å². The molecule has 1 atom stereocenters. The van der Waals surface area contributed by atoms with Crippen molar-refractivity contribution in [1.82, 2.24) is 5.32 Å². The quantitative estimate of drug-likeness (QED) is 0.834. The minimum Gasteiger partial charge on any atom is -0.494 e. The maximum atomic E-state index is 13.8. The standard InChI is InChI=1S/C15H24FNO2/c1-15(2,3)8-12(18)10-17-9-11-6-5-7-13(19-4)14(11)16/h5-7,12,17-18H,8-10H2,1-4H3. The van der Waals surface area contributed by atoms with Gasteiger partial charge in [-0.1, -0.05) is 32.9 Å². The fraction of sp³-hybridized carbons (Fsp3) is 0.600. The molecule has 0 aliphatic rings. The summed E-state index contributed by atoms with van der Waals surface area (Å²) in [6.45, 7) is 7.08. The van der Waals surface area contributed by atoms with Gasteiger partial charge in [-0.3, -0.25) is 0 Å². The normalized spacial score (nSPS) is 13.4. The van der Waals surface area contributed by atoms with Crippen molar-refractivity contribution in [1.29, 1.82) is 0 Å². The molecule has 0 radical (unpaired) electrons. The molecule has 0 heterocycles. The summed E-state index contributed by atoms with van der Waals surface area (Å²) in [4.78, 5) is 0. The lowest BCUT2D eigenvalue weighted by Crippen LogP contribution is -2.30. The molecule has 0 bridgehead atoms. The maximum Gasteiger partial charge on any atom is 0.169 e. The SMILES string of the molecule is COc1cccc(CNCC(O)CC(C)(C)C)c1F. The van der Waals surface area contributed by atoms with Crippen molar-refractivity contribution in [3.63, 3.8) is 0 Å². The Morgan fingerprint density at radius 2 is 2.05 bits per heavy atom. The van der Waals surface area contributed by atoms with E-state index in [1.807, 2.05) is 0 Å². The molecule has 2 N–H and O–H groups in total. The Kier molecular flexibility index (Phi) is 5.76. The monoisotopic (exact) mass is 269 g/mol. The van der Waals surface area contributed by atoms with Gasteiger partial charge in [0.1, 0.15) is 0 Å². The van der Waals surface area contributed by atoms with Gasteiger partial charge in [0.15, 0.2) is 11.6 Å². The van der Waals surface area contributed by atoms with Gasteiger partial charge in [-0.15, -0.1) is 0 Å². The van der Waals surface area contributed by atoms with Crippen LogP contribution < -0.4 is 10.1 Å². The summed E-state index contributed by atoms with van der Waals surface area (Å²) in [5.74, 6) is -0.0997. The second kappa shape index (κ2) is 6.87. The van der Waals surface area contributed by atoms with Crippen LogP contribution in [0.5, 0.6) is 5.75 Å². The minimum atomic E-state index is -0.423. The van der Waals surface area contributed by atoms with Crippen LogP contribution in [0, 0.1) is 11.2 Å². The molecule has 1 rings (SSSR count). The summed E-state index contributed by atoms with van der Waals surface area (Å²) in [7, 11) is 1.45. The molecule has 0 aromatic heterocycles. The van der Waals surface area contributed by atoms with Crippen LogP contribution in [-0.4, -0.2) is 24.9 Å². The van der Waals surface area contributed by atoms with Crippen LogP contribution in [0.25, 0.3) is 0 Å². The molecule has 0 amide bonds. The highest BCUT2D eigenvalue weighted by molar-refractivity contribution is 5.30. The van der Waals surface area contributed by atoms with E-state index in [0.29, 0.717) is 25.1 Å². The summed E-state index contributed by atoms with van der Waals surface area (Å²) in [5.41, 5.74) is 0.629. The lowest BCUT2D eigenvalue weighted by atomic mass is 9.89. The van der Waals surface area contributed by atoms with E-state index in [-0.39, 0.29) is 17.0 Å². The van der Waals surface area contributed by atoms with Gasteiger partial charge >= 0.3 is 0 Å². The van der Waals surface area contributed by atoms with Crippen LogP contribution in [0.2, 0.25) is 0 Å². The molecule has 108 valence electrons. The summed E-state index contributed by atoms with van der Waals surface area (Å²) < 4.78 is 18.8. The van der Waals surface area contributed by atoms with Crippen LogP contribution in [0.3, 0.4) is 0 Å². The van der Waals surface area contributed by atoms with Gasteiger partial charge in [-0.2, -0.15) is 0 Å². The predicted octanol–water partition coefficient (Wildman–Crippen LogP) is 2.72. The number of hydrogen-bond acceptors (Lipinski definition) is 3. The van der Waals surface area contributed by atoms with Crippen LogP contribution in [0.15, 0.2) is 18.2 Å². The maximum absolute atomic E-state index is 13.8. The smallest absolute Gasteiger partial charge is 0.169 e. The Morgan fingerprint density at radius 3 is 2.63 bits per heavy atom. The Labute approximate surface area is 114 Å². The van der Waals surface area contributed by atoms with Gasteiger partial charge in [-0.25, -0.2) is 4.39 Å². The first kappa shape index (κ1) is 15.9. The third kappa shape index (κ3) is 5.57. The molecule has 19 heavy (non-hydrogen) atoms. The average Bonchev–Trinajstić information content (AvgIpc) is 2.29. The zero-order valence-corrected chi connectivity index (χ0v) is 12.2. The second-order valence-corrected chi connectivity index (χ2v) is 5.98. The molecule has 0 fully saturated rings. The molecule has 1 aromatic rings. The number of methoxy groups -OCH3 is 1. The van der Waals surface area contributed by atoms with Crippen molar-refractivity contribution in [3.05, 3.63) is 29.6 Å². The first-order chi connectivity index (χ1) is 8.83. The van der Waals surface area contributed by atoms with Gasteiger partial charge in [0.05, 0.1) is 13.2 Å². The number of halogens is 1. The van der Waals surface area contributed by atoms with Crippen molar-refractivity contribution >= 4 is 0 Å². The molecule has 0 saturated carbocycles. The molecule has 1 aromatic carbocycles. The Bertz CT molecular complexity index is 402. The fourth-order valence-electron chi connectivity index (χ4n) is 2.00. The van der Waals surface area contributed by atoms with Crippen molar-refractivity contribution < 1.29 is 14.2 Å². The highest BCUT2D eigenvalue weighted by Gasteiger charge is 2.16. The first-order valence-electron chi connectivity index (χ1n) is 6.53. The molecule has 0 aliphatic carbocycles. The van der Waals surface area contributed by atoms with Crippen molar-refractivity contribution in [3.8, 4) is 5.75 Å². The lowest BCUT2D eigenvalue weighted by molar-refractivity contribution is 0.119. The third-order valence-electron chi connectivity index (χ3n) is 2.81. The Balaban J connectivity index is 2.45. The van der Waals surface area contributed by atoms with Gasteiger partial charge < -0.3 is 15.2 Å². The van der Waals surface area contributed by atoms with E-state index in [9.17, 15) is 9.50 Å². The molecule has 0 spiro atoms. The van der Waals surface area contributed by atoms with Crippen LogP contribution >= 0.6 is 0 Å². The number of ether oxygens (including phenoxy) is 1. The summed E-state index contributed by atoms with van der Waals surface area (Å²) >= 11 is 0. The molecule has 3 nitrogen and oxygen atoms in total. The molecule has 1 unspecified atom stereocenters. The largest absolute Gasteiger partial charge is 0.494 e. The van der Waals surface area contributed by atoms with Crippen molar-refractivity contribution in [2.24, 2.45) is 5.41 Å². The average molecular weight is 269 g/mol. The van der Waals surface area contributed by atoms with Gasteiger partial charge in [0.2, 0.25) is 0 Å². The van der Waals surface area contributed by atoms with E-state index >= 15 is 0 Å². The molecule has 0 aliphatic heterocycles. The summed E-state index contributed by atoms with van der Waals surface area (Å²) in [5, 5.41) is 12.9. The van der Waals surface area contributed by atoms with E-state index in [2.05, 4.69) is 26.1 Å². The minimum absolute atomic E-state index is 0.0856. The highest BCUT2D eigenvalue weighted by Crippen LogP contribution is 2.21. The van der Waals surface area contributed by atoms with Gasteiger partial charge in [0, 0.05) is 18.7 Å². The Hall–Kier alpha value is -1.13. The number of aliphatic hydroxyl groups is 1. The second-order valence-electron chi connectivity index (χ2n) is 5.98. The van der Waals surface area contributed by atoms with Crippen LogP contribution in [0.4, 0.5) is 4.39 Å². The first-order valence-corrected chi connectivity index (χ1v) is 6.53. The molecule has 0 saturated heterocycles. The number of hydrogen-bond donors (Lipinski definition) is 2. The third-order valence-corrected chi connectivity index (χ3v) is 2.81. The highest BCUT2D eigenvalue weighted by atomic mass is 19.1. The van der Waals surface area contributed by atoms with Gasteiger partial charge in [0.25, 0.3) is 0 Å². The van der Waals surface area contributed by atoms with E-state index in [4.69, 9.17) is 4.74 Å². The summed E-state index contributed by atoms with van der Waals surface area (Å²) in [6, 6.07) is 5.05. The number of nitrogens with one attached hydrogen (secondary N) is 1. The van der Waals surface area contributed by atoms with Crippen molar-refractivity contribution in [2.45, 2.75) is 39.8 Å². The molecule has 4 heteroatoms. The van der Waals surface area contributed by atoms with Crippen molar-refractivity contribution in [2.75, 3.05) is 13.7 Å². The number of aliphatic hydroxyl groups excluding tert-OH is 1. The zero-order chi connectivity index (χ0) is 14.5. The zero-order valence-electron chi connectivity index (χ0n) is 12.2. The molecular weight excluding hydrogens is 245 g/mol. The topological polar surface area (TPSA) is 41.5 Å². The lowest BCUT2D eigenvalue weighted by Gasteiger charge is -2.22. The van der Waals surface area contributed by atoms with Gasteiger partial charge in [-0.05, 0) is 17.9 Å². The Morgan fingerprint density at radius 1 is 1.37 bits per heavy atom. The van der Waals surface area contributed by atoms with Crippen LogP contribution in [0.1, 0.15) is 32.8 Å². The predicted molar refractivity (Wildman–Crippen MR) is 74.7 cm³/mol. The van der Waals surface area contributed by atoms with E-state index in [1.165, 1.54) is 7.11 Å². The van der Waals surface area contributed by atoms with E-state index in [0.717, 1.165) is 0 Å². The number of rotatable bonds is 6.